The Morgan fingerprint density at radius 1 is 1.19 bits per heavy atom. The molecule has 0 bridgehead atoms. The summed E-state index contributed by atoms with van der Waals surface area (Å²) in [5, 5.41) is 10.4. The van der Waals surface area contributed by atoms with Gasteiger partial charge < -0.3 is 10.0 Å². The van der Waals surface area contributed by atoms with Crippen LogP contribution in [0.3, 0.4) is 0 Å². The van der Waals surface area contributed by atoms with Gasteiger partial charge in [0, 0.05) is 24.7 Å². The van der Waals surface area contributed by atoms with Crippen molar-refractivity contribution in [3.05, 3.63) is 29.8 Å². The lowest BCUT2D eigenvalue weighted by Gasteiger charge is -2.37. The van der Waals surface area contributed by atoms with Crippen LogP contribution in [0.15, 0.2) is 24.3 Å². The predicted octanol–water partition coefficient (Wildman–Crippen LogP) is 4.02. The lowest BCUT2D eigenvalue weighted by Crippen LogP contribution is -2.39. The molecule has 1 aliphatic carbocycles. The number of para-hydroxylation sites is 1. The first-order chi connectivity index (χ1) is 10.3. The molecule has 0 spiro atoms. The summed E-state index contributed by atoms with van der Waals surface area (Å²) < 4.78 is 0. The molecule has 0 radical (unpaired) electrons. The van der Waals surface area contributed by atoms with Gasteiger partial charge in [-0.1, -0.05) is 31.5 Å². The van der Waals surface area contributed by atoms with Crippen LogP contribution in [-0.4, -0.2) is 24.3 Å². The van der Waals surface area contributed by atoms with Gasteiger partial charge in [-0.3, -0.25) is 0 Å². The molecule has 3 atom stereocenters. The normalized spacial score (nSPS) is 29.8. The highest BCUT2D eigenvalue weighted by molar-refractivity contribution is 5.54. The smallest absolute Gasteiger partial charge is 0.0585 e. The Bertz CT molecular complexity index is 459. The summed E-state index contributed by atoms with van der Waals surface area (Å²) in [5.74, 6) is 1.27. The quantitative estimate of drug-likeness (QED) is 0.907. The molecule has 1 heterocycles. The van der Waals surface area contributed by atoms with E-state index in [0.717, 1.165) is 25.4 Å². The second kappa shape index (κ2) is 6.83. The zero-order valence-corrected chi connectivity index (χ0v) is 13.3. The monoisotopic (exact) mass is 287 g/mol. The second-order valence-corrected chi connectivity index (χ2v) is 6.95. The summed E-state index contributed by atoms with van der Waals surface area (Å²) in [4.78, 5) is 2.55. The van der Waals surface area contributed by atoms with Gasteiger partial charge in [-0.15, -0.1) is 0 Å². The van der Waals surface area contributed by atoms with Crippen LogP contribution in [0.5, 0.6) is 0 Å². The van der Waals surface area contributed by atoms with Crippen LogP contribution < -0.4 is 4.90 Å². The van der Waals surface area contributed by atoms with E-state index in [1.807, 2.05) is 0 Å². The number of aliphatic hydroxyl groups excluding tert-OH is 1. The fourth-order valence-electron chi connectivity index (χ4n) is 4.15. The molecule has 3 unspecified atom stereocenters. The van der Waals surface area contributed by atoms with E-state index in [0.29, 0.717) is 5.92 Å². The lowest BCUT2D eigenvalue weighted by molar-refractivity contribution is 0.0506. The van der Waals surface area contributed by atoms with Gasteiger partial charge in [0.25, 0.3) is 0 Å². The summed E-state index contributed by atoms with van der Waals surface area (Å²) in [6, 6.07) is 8.86. The average molecular weight is 287 g/mol. The van der Waals surface area contributed by atoms with Crippen molar-refractivity contribution in [2.75, 3.05) is 18.0 Å². The average Bonchev–Trinajstić information content (AvgIpc) is 2.72. The molecule has 1 saturated carbocycles. The van der Waals surface area contributed by atoms with Crippen LogP contribution in [0.25, 0.3) is 0 Å². The molecule has 1 aromatic rings. The van der Waals surface area contributed by atoms with Crippen molar-refractivity contribution in [2.24, 2.45) is 11.8 Å². The molecule has 0 saturated heterocycles. The Balaban J connectivity index is 1.74. The first kappa shape index (κ1) is 14.9. The molecule has 1 fully saturated rings. The number of nitrogens with zero attached hydrogens (tertiary/aromatic N) is 1. The first-order valence-electron chi connectivity index (χ1n) is 8.79. The number of benzene rings is 1. The maximum atomic E-state index is 10.4. The van der Waals surface area contributed by atoms with Gasteiger partial charge in [-0.25, -0.2) is 0 Å². The minimum Gasteiger partial charge on any atom is -0.393 e. The molecule has 1 aliphatic heterocycles. The Kier molecular flexibility index (Phi) is 4.84. The van der Waals surface area contributed by atoms with Gasteiger partial charge in [0.1, 0.15) is 0 Å². The number of aryl methyl sites for hydroxylation is 1. The zero-order chi connectivity index (χ0) is 14.7. The van der Waals surface area contributed by atoms with E-state index in [4.69, 9.17) is 0 Å². The highest BCUT2D eigenvalue weighted by atomic mass is 16.3. The van der Waals surface area contributed by atoms with Gasteiger partial charge in [0.2, 0.25) is 0 Å². The van der Waals surface area contributed by atoms with Gasteiger partial charge in [0.05, 0.1) is 6.10 Å². The van der Waals surface area contributed by atoms with Crippen molar-refractivity contribution in [3.8, 4) is 0 Å². The van der Waals surface area contributed by atoms with E-state index < -0.39 is 0 Å². The highest BCUT2D eigenvalue weighted by Gasteiger charge is 2.30. The summed E-state index contributed by atoms with van der Waals surface area (Å²) in [6.45, 7) is 4.48. The molecule has 2 aliphatic rings. The van der Waals surface area contributed by atoms with Gasteiger partial charge >= 0.3 is 0 Å². The minimum absolute atomic E-state index is 0.0942. The summed E-state index contributed by atoms with van der Waals surface area (Å²) in [6.07, 6.45) is 8.35. The van der Waals surface area contributed by atoms with E-state index in [-0.39, 0.29) is 6.10 Å². The fraction of sp³-hybridized carbons (Fsp3) is 0.684. The molecular formula is C19H29NO. The van der Waals surface area contributed by atoms with Gasteiger partial charge in [-0.2, -0.15) is 0 Å². The molecule has 3 rings (SSSR count). The molecular weight excluding hydrogens is 258 g/mol. The number of rotatable bonds is 3. The van der Waals surface area contributed by atoms with Crippen LogP contribution in [0.4, 0.5) is 5.69 Å². The zero-order valence-electron chi connectivity index (χ0n) is 13.3. The molecule has 0 amide bonds. The lowest BCUT2D eigenvalue weighted by atomic mass is 9.78. The predicted molar refractivity (Wildman–Crippen MR) is 88.7 cm³/mol. The van der Waals surface area contributed by atoms with Crippen LogP contribution >= 0.6 is 0 Å². The van der Waals surface area contributed by atoms with E-state index in [2.05, 4.69) is 36.1 Å². The van der Waals surface area contributed by atoms with Crippen molar-refractivity contribution in [3.63, 3.8) is 0 Å². The third-order valence-corrected chi connectivity index (χ3v) is 5.54. The molecule has 2 heteroatoms. The Morgan fingerprint density at radius 3 is 2.90 bits per heavy atom. The van der Waals surface area contributed by atoms with Crippen molar-refractivity contribution in [2.45, 2.75) is 58.0 Å². The third-order valence-electron chi connectivity index (χ3n) is 5.54. The number of aliphatic hydroxyl groups is 1. The molecule has 2 nitrogen and oxygen atoms in total. The van der Waals surface area contributed by atoms with Gasteiger partial charge in [0.15, 0.2) is 0 Å². The minimum atomic E-state index is -0.0942. The Hall–Kier alpha value is -1.02. The molecule has 116 valence electrons. The van der Waals surface area contributed by atoms with Crippen molar-refractivity contribution in [1.29, 1.82) is 0 Å². The van der Waals surface area contributed by atoms with Crippen LogP contribution in [0, 0.1) is 11.8 Å². The van der Waals surface area contributed by atoms with Crippen molar-refractivity contribution in [1.82, 2.24) is 0 Å². The molecule has 21 heavy (non-hydrogen) atoms. The van der Waals surface area contributed by atoms with E-state index >= 15 is 0 Å². The van der Waals surface area contributed by atoms with E-state index in [9.17, 15) is 5.11 Å². The maximum Gasteiger partial charge on any atom is 0.0585 e. The molecule has 0 aromatic heterocycles. The SMILES string of the molecule is CCC1CCC(O)C(CN2CCCCc3ccccc32)C1. The largest absolute Gasteiger partial charge is 0.393 e. The summed E-state index contributed by atoms with van der Waals surface area (Å²) in [5.41, 5.74) is 2.91. The van der Waals surface area contributed by atoms with Crippen molar-refractivity contribution < 1.29 is 5.11 Å². The number of hydrogen-bond donors (Lipinski definition) is 1. The third kappa shape index (κ3) is 3.42. The molecule has 1 N–H and O–H groups in total. The van der Waals surface area contributed by atoms with Gasteiger partial charge in [-0.05, 0) is 56.1 Å². The highest BCUT2D eigenvalue weighted by Crippen LogP contribution is 2.34. The van der Waals surface area contributed by atoms with E-state index in [1.54, 1.807) is 0 Å². The Morgan fingerprint density at radius 2 is 2.05 bits per heavy atom. The Labute approximate surface area is 129 Å². The second-order valence-electron chi connectivity index (χ2n) is 6.95. The summed E-state index contributed by atoms with van der Waals surface area (Å²) in [7, 11) is 0. The van der Waals surface area contributed by atoms with Crippen LogP contribution in [0.2, 0.25) is 0 Å². The van der Waals surface area contributed by atoms with E-state index in [1.165, 1.54) is 49.8 Å². The number of fused-ring (bicyclic) bond motifs is 1. The van der Waals surface area contributed by atoms with Crippen LogP contribution in [-0.2, 0) is 6.42 Å². The summed E-state index contributed by atoms with van der Waals surface area (Å²) >= 11 is 0. The first-order valence-corrected chi connectivity index (χ1v) is 8.79. The molecule has 1 aromatic carbocycles. The number of anilines is 1. The topological polar surface area (TPSA) is 23.5 Å². The van der Waals surface area contributed by atoms with Crippen LogP contribution in [0.1, 0.15) is 51.0 Å². The maximum absolute atomic E-state index is 10.4. The van der Waals surface area contributed by atoms with Crippen molar-refractivity contribution >= 4 is 5.69 Å². The number of hydrogen-bond acceptors (Lipinski definition) is 2. The fourth-order valence-corrected chi connectivity index (χ4v) is 4.15. The standard InChI is InChI=1S/C19H29NO/c1-2-15-10-11-19(21)17(13-15)14-20-12-6-5-8-16-7-3-4-9-18(16)20/h3-4,7,9,15,17,19,21H,2,5-6,8,10-14H2,1H3.